The molecule has 0 saturated heterocycles. The van der Waals surface area contributed by atoms with Crippen LogP contribution in [0.25, 0.3) is 0 Å². The fraction of sp³-hybridized carbons (Fsp3) is 0.231. The van der Waals surface area contributed by atoms with Crippen LogP contribution in [0.15, 0.2) is 41.4 Å². The van der Waals surface area contributed by atoms with E-state index in [0.29, 0.717) is 12.1 Å². The van der Waals surface area contributed by atoms with Crippen LogP contribution in [0, 0.1) is 5.82 Å². The molecule has 0 bridgehead atoms. The first-order chi connectivity index (χ1) is 9.53. The van der Waals surface area contributed by atoms with Crippen LogP contribution in [-0.4, -0.2) is 20.4 Å². The highest BCUT2D eigenvalue weighted by molar-refractivity contribution is 7.89. The van der Waals surface area contributed by atoms with Crippen molar-refractivity contribution in [1.82, 2.24) is 15.0 Å². The summed E-state index contributed by atoms with van der Waals surface area (Å²) in [6.07, 6.45) is 1.41. The number of aromatic nitrogens is 1. The molecule has 108 valence electrons. The number of H-pyrrole nitrogens is 1. The van der Waals surface area contributed by atoms with Gasteiger partial charge >= 0.3 is 0 Å². The predicted octanol–water partition coefficient (Wildman–Crippen LogP) is 1.35. The molecule has 0 aliphatic rings. The molecule has 1 aromatic carbocycles. The molecule has 0 aliphatic heterocycles. The van der Waals surface area contributed by atoms with Gasteiger partial charge in [0.25, 0.3) is 0 Å². The topological polar surface area (TPSA) is 74.0 Å². The van der Waals surface area contributed by atoms with Crippen LogP contribution in [0.2, 0.25) is 0 Å². The number of halogens is 1. The van der Waals surface area contributed by atoms with Gasteiger partial charge in [-0.05, 0) is 19.2 Å². The maximum absolute atomic E-state index is 13.4. The van der Waals surface area contributed by atoms with E-state index in [1.165, 1.54) is 12.3 Å². The number of hydrogen-bond donors (Lipinski definition) is 3. The minimum atomic E-state index is -3.65. The first-order valence-electron chi connectivity index (χ1n) is 6.08. The fourth-order valence-corrected chi connectivity index (χ4v) is 2.79. The number of rotatable bonds is 6. The summed E-state index contributed by atoms with van der Waals surface area (Å²) in [4.78, 5) is 3.00. The van der Waals surface area contributed by atoms with E-state index in [1.807, 2.05) is 0 Å². The summed E-state index contributed by atoms with van der Waals surface area (Å²) in [6, 6.07) is 7.60. The van der Waals surface area contributed by atoms with E-state index in [0.717, 1.165) is 5.69 Å². The lowest BCUT2D eigenvalue weighted by molar-refractivity contribution is 0.574. The molecule has 0 fully saturated rings. The van der Waals surface area contributed by atoms with Crippen molar-refractivity contribution in [1.29, 1.82) is 0 Å². The smallest absolute Gasteiger partial charge is 0.242 e. The van der Waals surface area contributed by atoms with Gasteiger partial charge in [0.2, 0.25) is 10.0 Å². The minimum Gasteiger partial charge on any atom is -0.363 e. The van der Waals surface area contributed by atoms with Crippen molar-refractivity contribution < 1.29 is 12.8 Å². The maximum Gasteiger partial charge on any atom is 0.242 e. The first kappa shape index (κ1) is 14.7. The molecule has 0 atom stereocenters. The van der Waals surface area contributed by atoms with E-state index in [-0.39, 0.29) is 11.4 Å². The Kier molecular flexibility index (Phi) is 4.53. The molecular formula is C13H16FN3O2S. The molecule has 3 N–H and O–H groups in total. The Morgan fingerprint density at radius 2 is 2.00 bits per heavy atom. The number of sulfonamides is 1. The number of hydrogen-bond acceptors (Lipinski definition) is 3. The Hall–Kier alpha value is -1.70. The average Bonchev–Trinajstić information content (AvgIpc) is 2.88. The van der Waals surface area contributed by atoms with Crippen LogP contribution in [0.5, 0.6) is 0 Å². The van der Waals surface area contributed by atoms with E-state index in [2.05, 4.69) is 15.0 Å². The van der Waals surface area contributed by atoms with Gasteiger partial charge in [-0.3, -0.25) is 0 Å². The standard InChI is InChI=1S/C13H16FN3O2S/c1-15-8-11-6-12(9-16-11)20(18,19)17-7-10-4-2-3-5-13(10)14/h2-6,9,15-17H,7-8H2,1H3. The van der Waals surface area contributed by atoms with Gasteiger partial charge in [-0.1, -0.05) is 18.2 Å². The van der Waals surface area contributed by atoms with E-state index < -0.39 is 15.8 Å². The predicted molar refractivity (Wildman–Crippen MR) is 74.0 cm³/mol. The maximum atomic E-state index is 13.4. The van der Waals surface area contributed by atoms with Crippen molar-refractivity contribution in [2.24, 2.45) is 0 Å². The van der Waals surface area contributed by atoms with E-state index >= 15 is 0 Å². The number of benzene rings is 1. The highest BCUT2D eigenvalue weighted by Gasteiger charge is 2.16. The van der Waals surface area contributed by atoms with Crippen molar-refractivity contribution in [2.45, 2.75) is 18.0 Å². The molecule has 0 aliphatic carbocycles. The zero-order chi connectivity index (χ0) is 14.6. The lowest BCUT2D eigenvalue weighted by atomic mass is 10.2. The summed E-state index contributed by atoms with van der Waals surface area (Å²) in [6.45, 7) is 0.463. The summed E-state index contributed by atoms with van der Waals surface area (Å²) in [5, 5.41) is 2.92. The third-order valence-electron chi connectivity index (χ3n) is 2.80. The Balaban J connectivity index is 2.09. The van der Waals surface area contributed by atoms with E-state index in [4.69, 9.17) is 0 Å². The molecule has 2 rings (SSSR count). The monoisotopic (exact) mass is 297 g/mol. The highest BCUT2D eigenvalue weighted by atomic mass is 32.2. The molecule has 7 heteroatoms. The van der Waals surface area contributed by atoms with Gasteiger partial charge in [-0.2, -0.15) is 0 Å². The fourth-order valence-electron chi connectivity index (χ4n) is 1.76. The zero-order valence-corrected chi connectivity index (χ0v) is 11.8. The van der Waals surface area contributed by atoms with Gasteiger partial charge in [-0.15, -0.1) is 0 Å². The van der Waals surface area contributed by atoms with Crippen LogP contribution in [0.3, 0.4) is 0 Å². The van der Waals surface area contributed by atoms with Crippen LogP contribution >= 0.6 is 0 Å². The molecular weight excluding hydrogens is 281 g/mol. The second-order valence-corrected chi connectivity index (χ2v) is 6.07. The number of nitrogens with one attached hydrogen (secondary N) is 3. The molecule has 2 aromatic rings. The molecule has 1 heterocycles. The quantitative estimate of drug-likeness (QED) is 0.753. The number of aromatic amines is 1. The molecule has 0 amide bonds. The summed E-state index contributed by atoms with van der Waals surface area (Å²) in [5.74, 6) is -0.430. The van der Waals surface area contributed by atoms with Gasteiger partial charge in [0.1, 0.15) is 5.82 Å². The lowest BCUT2D eigenvalue weighted by Gasteiger charge is -2.05. The molecule has 20 heavy (non-hydrogen) atoms. The summed E-state index contributed by atoms with van der Waals surface area (Å²) < 4.78 is 39.9. The summed E-state index contributed by atoms with van der Waals surface area (Å²) in [7, 11) is -1.88. The third kappa shape index (κ3) is 3.44. The van der Waals surface area contributed by atoms with Crippen molar-refractivity contribution >= 4 is 10.0 Å². The highest BCUT2D eigenvalue weighted by Crippen LogP contribution is 2.12. The van der Waals surface area contributed by atoms with Crippen molar-refractivity contribution in [3.63, 3.8) is 0 Å². The Labute approximate surface area is 117 Å². The second kappa shape index (κ2) is 6.17. The van der Waals surface area contributed by atoms with Gasteiger partial charge in [0, 0.05) is 30.5 Å². The summed E-state index contributed by atoms with van der Waals surface area (Å²) >= 11 is 0. The van der Waals surface area contributed by atoms with E-state index in [9.17, 15) is 12.8 Å². The zero-order valence-electron chi connectivity index (χ0n) is 11.0. The van der Waals surface area contributed by atoms with Crippen molar-refractivity contribution in [3.05, 3.63) is 53.6 Å². The Bertz CT molecular complexity index is 682. The second-order valence-electron chi connectivity index (χ2n) is 4.31. The average molecular weight is 297 g/mol. The third-order valence-corrected chi connectivity index (χ3v) is 4.19. The largest absolute Gasteiger partial charge is 0.363 e. The van der Waals surface area contributed by atoms with Gasteiger partial charge in [0.15, 0.2) is 0 Å². The van der Waals surface area contributed by atoms with Gasteiger partial charge in [-0.25, -0.2) is 17.5 Å². The SMILES string of the molecule is CNCc1cc(S(=O)(=O)NCc2ccccc2F)c[nH]1. The molecule has 0 spiro atoms. The van der Waals surface area contributed by atoms with Gasteiger partial charge in [0.05, 0.1) is 4.90 Å². The molecule has 0 radical (unpaired) electrons. The van der Waals surface area contributed by atoms with E-state index in [1.54, 1.807) is 31.3 Å². The van der Waals surface area contributed by atoms with Crippen LogP contribution in [0.1, 0.15) is 11.3 Å². The lowest BCUT2D eigenvalue weighted by Crippen LogP contribution is -2.23. The van der Waals surface area contributed by atoms with Gasteiger partial charge < -0.3 is 10.3 Å². The molecule has 0 saturated carbocycles. The Morgan fingerprint density at radius 3 is 2.70 bits per heavy atom. The normalized spacial score (nSPS) is 11.7. The summed E-state index contributed by atoms with van der Waals surface area (Å²) in [5.41, 5.74) is 1.07. The molecule has 1 aromatic heterocycles. The van der Waals surface area contributed by atoms with Crippen LogP contribution < -0.4 is 10.0 Å². The van der Waals surface area contributed by atoms with Crippen LogP contribution in [0.4, 0.5) is 4.39 Å². The Morgan fingerprint density at radius 1 is 1.25 bits per heavy atom. The minimum absolute atomic E-state index is 0.0818. The van der Waals surface area contributed by atoms with Crippen molar-refractivity contribution in [2.75, 3.05) is 7.05 Å². The molecule has 5 nitrogen and oxygen atoms in total. The molecule has 0 unspecified atom stereocenters. The van der Waals surface area contributed by atoms with Crippen molar-refractivity contribution in [3.8, 4) is 0 Å². The van der Waals surface area contributed by atoms with Crippen LogP contribution in [-0.2, 0) is 23.1 Å². The first-order valence-corrected chi connectivity index (χ1v) is 7.56.